The van der Waals surface area contributed by atoms with Crippen LogP contribution in [0.3, 0.4) is 0 Å². The zero-order valence-electron chi connectivity index (χ0n) is 10.2. The molecule has 1 rings (SSSR count). The molecule has 102 valence electrons. The summed E-state index contributed by atoms with van der Waals surface area (Å²) in [4.78, 5) is 0. The van der Waals surface area contributed by atoms with Gasteiger partial charge in [-0.2, -0.15) is 0 Å². The lowest BCUT2D eigenvalue weighted by atomic mass is 10.2. The van der Waals surface area contributed by atoms with Crippen LogP contribution in [0, 0.1) is 0 Å². The first-order valence-corrected chi connectivity index (χ1v) is 8.58. The molecule has 0 nitrogen and oxygen atoms in total. The van der Waals surface area contributed by atoms with Crippen molar-refractivity contribution < 1.29 is 18.8 Å². The fourth-order valence-corrected chi connectivity index (χ4v) is 2.99. The van der Waals surface area contributed by atoms with Crippen molar-refractivity contribution in [2.24, 2.45) is 0 Å². The minimum Gasteiger partial charge on any atom is -0.289 e. The Balaban J connectivity index is -0.000000180. The van der Waals surface area contributed by atoms with Gasteiger partial charge in [0, 0.05) is 0 Å². The summed E-state index contributed by atoms with van der Waals surface area (Å²) in [6, 6.07) is 10.8. The number of thiol groups is 1. The van der Waals surface area contributed by atoms with Crippen LogP contribution in [-0.4, -0.2) is 25.0 Å². The average molecular weight is 264 g/mol. The van der Waals surface area contributed by atoms with Crippen LogP contribution in [0.1, 0.15) is 5.56 Å². The van der Waals surface area contributed by atoms with Gasteiger partial charge in [-0.25, -0.2) is 0 Å². The van der Waals surface area contributed by atoms with E-state index in [1.54, 1.807) is 0 Å². The first-order chi connectivity index (χ1) is 5.33. The Labute approximate surface area is 95.2 Å². The molecule has 0 radical (unpaired) electrons. The number of benzene rings is 1. The van der Waals surface area contributed by atoms with Crippen molar-refractivity contribution in [3.05, 3.63) is 35.9 Å². The Morgan fingerprint density at radius 2 is 1.12 bits per heavy atom. The lowest BCUT2D eigenvalue weighted by Crippen LogP contribution is -2.13. The molecule has 0 aliphatic rings. The van der Waals surface area contributed by atoms with Gasteiger partial charge in [0.05, 0.1) is 0 Å². The maximum absolute atomic E-state index is 2.42. The van der Waals surface area contributed by atoms with E-state index in [0.717, 1.165) is 0 Å². The van der Waals surface area contributed by atoms with Crippen LogP contribution in [0.5, 0.6) is 0 Å². The molecule has 0 spiro atoms. The first kappa shape index (κ1) is 24.5. The Morgan fingerprint density at radius 1 is 0.750 bits per heavy atom. The average Bonchev–Trinajstić information content (AvgIpc) is 1.83. The van der Waals surface area contributed by atoms with Gasteiger partial charge in [0.15, 0.2) is 0 Å². The minimum atomic E-state index is -1.35. The van der Waals surface area contributed by atoms with E-state index in [4.69, 9.17) is 0 Å². The predicted molar refractivity (Wildman–Crippen MR) is 72.8 cm³/mol. The van der Waals surface area contributed by atoms with E-state index in [-0.39, 0.29) is 18.8 Å². The van der Waals surface area contributed by atoms with Crippen LogP contribution in [0.2, 0.25) is 0 Å². The van der Waals surface area contributed by atoms with Gasteiger partial charge in [0.1, 0.15) is 0 Å². The van der Waals surface area contributed by atoms with Gasteiger partial charge in [-0.15, -0.1) is 0 Å². The molecule has 0 heterocycles. The summed E-state index contributed by atoms with van der Waals surface area (Å²) in [5.74, 6) is 1.26. The third-order valence-corrected chi connectivity index (χ3v) is 3.29. The highest BCUT2D eigenvalue weighted by Gasteiger charge is 2.18. The Bertz CT molecular complexity index is 257. The topological polar surface area (TPSA) is 0 Å². The zero-order chi connectivity index (χ0) is 9.27. The molecule has 0 amide bonds. The van der Waals surface area contributed by atoms with E-state index in [1.165, 1.54) is 11.3 Å². The molecule has 16 heavy (non-hydrogen) atoms. The SMILES string of the molecule is C[SH](C)(C)(C)Cc1ccccc1.F.F.F.F. The summed E-state index contributed by atoms with van der Waals surface area (Å²) < 4.78 is 0. The molecule has 0 N–H and O–H groups in total. The predicted octanol–water partition coefficient (Wildman–Crippen LogP) is 3.39. The van der Waals surface area contributed by atoms with Gasteiger partial charge < -0.3 is 0 Å². The molecular formula is C11H24F4S. The van der Waals surface area contributed by atoms with Crippen LogP contribution in [0.25, 0.3) is 0 Å². The van der Waals surface area contributed by atoms with Crippen LogP contribution in [-0.2, 0) is 5.75 Å². The largest absolute Gasteiger partial charge is 0.289 e. The Hall–Kier alpha value is -0.710. The highest BCUT2D eigenvalue weighted by Crippen LogP contribution is 2.58. The van der Waals surface area contributed by atoms with Gasteiger partial charge in [-0.3, -0.25) is 28.0 Å². The summed E-state index contributed by atoms with van der Waals surface area (Å²) in [6.45, 7) is 0. The monoisotopic (exact) mass is 264 g/mol. The van der Waals surface area contributed by atoms with E-state index in [2.05, 4.69) is 55.4 Å². The highest BCUT2D eigenvalue weighted by molar-refractivity contribution is 8.47. The fraction of sp³-hybridized carbons (Fsp3) is 0.455. The van der Waals surface area contributed by atoms with E-state index >= 15 is 0 Å². The van der Waals surface area contributed by atoms with Crippen molar-refractivity contribution in [2.45, 2.75) is 5.75 Å². The van der Waals surface area contributed by atoms with Crippen molar-refractivity contribution in [3.63, 3.8) is 0 Å². The summed E-state index contributed by atoms with van der Waals surface area (Å²) in [5, 5.41) is 0. The van der Waals surface area contributed by atoms with Crippen molar-refractivity contribution in [2.75, 3.05) is 25.0 Å². The third kappa shape index (κ3) is 11.4. The molecule has 0 aliphatic carbocycles. The minimum absolute atomic E-state index is 0. The van der Waals surface area contributed by atoms with Gasteiger partial charge in [0.2, 0.25) is 0 Å². The summed E-state index contributed by atoms with van der Waals surface area (Å²) >= 11 is 0. The van der Waals surface area contributed by atoms with Gasteiger partial charge in [-0.05, 0) is 36.3 Å². The van der Waals surface area contributed by atoms with Crippen molar-refractivity contribution in [1.82, 2.24) is 0 Å². The molecule has 5 heteroatoms. The van der Waals surface area contributed by atoms with Crippen LogP contribution in [0.4, 0.5) is 18.8 Å². The summed E-state index contributed by atoms with van der Waals surface area (Å²) in [6.07, 6.45) is 9.66. The standard InChI is InChI=1S/C11H20S.4FH/c1-12(2,3,4)10-11-8-6-5-7-9-11;;;;/h5-9,12H,10H2,1-4H3;4*1H. The number of halogens is 4. The van der Waals surface area contributed by atoms with E-state index in [0.29, 0.717) is 0 Å². The molecule has 0 fully saturated rings. The van der Waals surface area contributed by atoms with Crippen molar-refractivity contribution in [3.8, 4) is 0 Å². The maximum Gasteiger partial charge on any atom is -0.0110 e. The fourth-order valence-electron chi connectivity index (χ4n) is 1.31. The lowest BCUT2D eigenvalue weighted by molar-refractivity contribution is 1.11. The molecule has 0 bridgehead atoms. The lowest BCUT2D eigenvalue weighted by Gasteiger charge is -2.47. The third-order valence-electron chi connectivity index (χ3n) is 1.66. The molecule has 1 aromatic carbocycles. The molecule has 1 aromatic rings. The smallest absolute Gasteiger partial charge is 0.0110 e. The molecule has 0 atom stereocenters. The molecule has 0 aliphatic heterocycles. The summed E-state index contributed by atoms with van der Waals surface area (Å²) in [7, 11) is -1.35. The maximum atomic E-state index is 2.42. The van der Waals surface area contributed by atoms with E-state index < -0.39 is 9.16 Å². The number of hydrogen-bond acceptors (Lipinski definition) is 0. The van der Waals surface area contributed by atoms with Gasteiger partial charge in [-0.1, -0.05) is 30.3 Å². The van der Waals surface area contributed by atoms with Crippen LogP contribution >= 0.6 is 9.16 Å². The molecular weight excluding hydrogens is 240 g/mol. The van der Waals surface area contributed by atoms with E-state index in [9.17, 15) is 0 Å². The molecule has 0 aromatic heterocycles. The van der Waals surface area contributed by atoms with Crippen LogP contribution in [0.15, 0.2) is 30.3 Å². The Kier molecular flexibility index (Phi) is 11.6. The molecule has 0 unspecified atom stereocenters. The number of hydrogen-bond donors (Lipinski definition) is 1. The van der Waals surface area contributed by atoms with Crippen molar-refractivity contribution >= 4 is 9.16 Å². The Morgan fingerprint density at radius 3 is 1.44 bits per heavy atom. The highest BCUT2D eigenvalue weighted by atomic mass is 32.3. The van der Waals surface area contributed by atoms with Crippen molar-refractivity contribution in [1.29, 1.82) is 0 Å². The summed E-state index contributed by atoms with van der Waals surface area (Å²) in [5.41, 5.74) is 1.48. The second-order valence-electron chi connectivity index (χ2n) is 5.59. The molecule has 0 saturated heterocycles. The van der Waals surface area contributed by atoms with Gasteiger partial charge in [0.25, 0.3) is 0 Å². The second-order valence-corrected chi connectivity index (χ2v) is 13.8. The normalized spacial score (nSPS) is 11.4. The van der Waals surface area contributed by atoms with Gasteiger partial charge >= 0.3 is 0 Å². The molecule has 0 saturated carbocycles. The number of rotatable bonds is 2. The zero-order valence-corrected chi connectivity index (χ0v) is 11.1. The first-order valence-electron chi connectivity index (χ1n) is 4.37. The second kappa shape index (κ2) is 7.54. The van der Waals surface area contributed by atoms with Crippen LogP contribution < -0.4 is 0 Å². The van der Waals surface area contributed by atoms with E-state index in [1.807, 2.05) is 0 Å². The quantitative estimate of drug-likeness (QED) is 0.614.